The fourth-order valence-electron chi connectivity index (χ4n) is 13.2. The summed E-state index contributed by atoms with van der Waals surface area (Å²) in [5, 5.41) is 197. The molecule has 5 heterocycles. The number of carbonyl (C=O) groups is 4. The second-order valence-electron chi connectivity index (χ2n) is 27.2. The first kappa shape index (κ1) is 93.4. The fourth-order valence-corrected chi connectivity index (χ4v) is 13.5. The molecule has 40 heteroatoms. The minimum Gasteiger partial charge on any atom is -0.544 e. The van der Waals surface area contributed by atoms with E-state index in [2.05, 4.69) is 22.9 Å². The molecule has 107 heavy (non-hydrogen) atoms. The van der Waals surface area contributed by atoms with Crippen LogP contribution >= 0.6 is 11.6 Å². The largest absolute Gasteiger partial charge is 0.544 e. The van der Waals surface area contributed by atoms with Crippen molar-refractivity contribution in [2.24, 2.45) is 0 Å². The molecular formula is C67H109ClF4N4O31. The summed E-state index contributed by atoms with van der Waals surface area (Å²) >= 11 is 5.80. The van der Waals surface area contributed by atoms with Crippen molar-refractivity contribution in [2.75, 3.05) is 39.6 Å². The molecule has 23 N–H and O–H groups in total. The van der Waals surface area contributed by atoms with Gasteiger partial charge < -0.3 is 161 Å². The molecule has 1 aromatic rings. The van der Waals surface area contributed by atoms with Gasteiger partial charge in [0.2, 0.25) is 23.5 Å². The smallest absolute Gasteiger partial charge is 0.416 e. The maximum atomic E-state index is 15.2. The fraction of sp³-hybridized carbons (Fsp3) is 0.821. The zero-order valence-corrected chi connectivity index (χ0v) is 60.6. The average molecular weight is 1580 g/mol. The molecule has 5 fully saturated rings. The van der Waals surface area contributed by atoms with Crippen LogP contribution in [0.1, 0.15) is 141 Å². The number of hydrogen-bond donors (Lipinski definition) is 20. The van der Waals surface area contributed by atoms with E-state index in [9.17, 15) is 119 Å². The van der Waals surface area contributed by atoms with Crippen LogP contribution in [-0.2, 0) is 72.7 Å². The van der Waals surface area contributed by atoms with E-state index in [1.165, 1.54) is 44.9 Å². The summed E-state index contributed by atoms with van der Waals surface area (Å²) in [6.45, 7) is -2.80. The van der Waals surface area contributed by atoms with Crippen LogP contribution < -0.4 is 27.2 Å². The van der Waals surface area contributed by atoms with E-state index in [0.29, 0.717) is 25.0 Å². The lowest BCUT2D eigenvalue weighted by Gasteiger charge is -2.54. The number of alkyl halides is 3. The van der Waals surface area contributed by atoms with Crippen LogP contribution in [0.3, 0.4) is 0 Å². The topological polar surface area (TPSA) is 580 Å². The highest BCUT2D eigenvalue weighted by molar-refractivity contribution is 6.31. The first-order chi connectivity index (χ1) is 50.2. The Morgan fingerprint density at radius 3 is 1.65 bits per heavy atom. The van der Waals surface area contributed by atoms with Gasteiger partial charge in [-0.05, 0) is 18.6 Å². The summed E-state index contributed by atoms with van der Waals surface area (Å²) in [7, 11) is 0. The molecular weight excluding hydrogens is 1470 g/mol. The summed E-state index contributed by atoms with van der Waals surface area (Å²) in [6.07, 6.45) is -41.7. The predicted octanol–water partition coefficient (Wildman–Crippen LogP) is -3.73. The Labute approximate surface area is 619 Å². The number of aliphatic carboxylic acids is 1. The molecule has 618 valence electrons. The van der Waals surface area contributed by atoms with Crippen LogP contribution in [-0.4, -0.2) is 316 Å². The van der Waals surface area contributed by atoms with Crippen molar-refractivity contribution in [3.05, 3.63) is 40.2 Å². The van der Waals surface area contributed by atoms with Crippen LogP contribution in [0, 0.1) is 5.82 Å². The van der Waals surface area contributed by atoms with Gasteiger partial charge in [-0.3, -0.25) is 14.4 Å². The number of aliphatic hydroxyl groups excluding tert-OH is 16. The Balaban J connectivity index is 0.0000205. The van der Waals surface area contributed by atoms with Crippen LogP contribution in [0.5, 0.6) is 0 Å². The van der Waals surface area contributed by atoms with E-state index in [4.69, 9.17) is 59.0 Å². The lowest BCUT2D eigenvalue weighted by atomic mass is 9.88. The molecule has 5 aliphatic rings. The molecule has 1 aromatic carbocycles. The van der Waals surface area contributed by atoms with Crippen molar-refractivity contribution in [1.82, 2.24) is 22.1 Å². The van der Waals surface area contributed by atoms with Gasteiger partial charge in [-0.15, -0.1) is 0 Å². The minimum absolute atomic E-state index is 0. The van der Waals surface area contributed by atoms with E-state index in [-0.39, 0.29) is 12.6 Å². The maximum absolute atomic E-state index is 15.2. The third kappa shape index (κ3) is 25.4. The SMILES string of the molecule is CCCCCCCCCCCCCCCCCC(=O)N[C@@H](CO[C@@H]1O[C@H](CO)[C@@H](O[C@@H]2O[C@H](CO)[C@H](O[C@@H]3O[C@H](CO)[C@H](O)[C@H](O[C@@H]4O[C@H](CO)[C@H](O)[C@H](O)[C@H]4O)[C@H]3NC(C)=O)[C@H](O[C@]3(C(=O)[O-])C[C@H](O)C(NC(C)=O)C([C@H](O)[C@H](O)CO)O3)[C@H]2O)[C@H](O)[C@H]1O)[C@H](O)/C=C/c1cc(C(F)(F)F)cc(Cl)c1F.[NH4+]. The molecule has 0 aliphatic carbocycles. The molecule has 5 saturated heterocycles. The molecule has 0 aromatic heterocycles. The van der Waals surface area contributed by atoms with Gasteiger partial charge in [0.15, 0.2) is 25.2 Å². The number of benzene rings is 1. The van der Waals surface area contributed by atoms with Gasteiger partial charge in [-0.2, -0.15) is 13.2 Å². The average Bonchev–Trinajstić information content (AvgIpc) is 0.746. The van der Waals surface area contributed by atoms with Crippen molar-refractivity contribution < 1.29 is 171 Å². The Bertz CT molecular complexity index is 2890. The second-order valence-corrected chi connectivity index (χ2v) is 27.6. The van der Waals surface area contributed by atoms with Gasteiger partial charge in [-0.25, -0.2) is 4.39 Å². The number of carbonyl (C=O) groups excluding carboxylic acids is 4. The summed E-state index contributed by atoms with van der Waals surface area (Å²) in [6, 6.07) is -4.67. The lowest BCUT2D eigenvalue weighted by molar-refractivity contribution is -0.421. The van der Waals surface area contributed by atoms with Gasteiger partial charge in [0.1, 0.15) is 128 Å². The zero-order chi connectivity index (χ0) is 78.5. The highest BCUT2D eigenvalue weighted by Crippen LogP contribution is 2.41. The summed E-state index contributed by atoms with van der Waals surface area (Å²) < 4.78 is 116. The van der Waals surface area contributed by atoms with E-state index in [1.54, 1.807) is 0 Å². The zero-order valence-electron chi connectivity index (χ0n) is 59.8. The van der Waals surface area contributed by atoms with Gasteiger partial charge in [-0.1, -0.05) is 121 Å². The molecule has 2 unspecified atom stereocenters. The first-order valence-corrected chi connectivity index (χ1v) is 36.0. The summed E-state index contributed by atoms with van der Waals surface area (Å²) in [5.74, 6) is -9.91. The monoisotopic (exact) mass is 1580 g/mol. The maximum Gasteiger partial charge on any atom is 0.416 e. The van der Waals surface area contributed by atoms with Gasteiger partial charge >= 0.3 is 6.18 Å². The number of carboxylic acids is 1. The van der Waals surface area contributed by atoms with Gasteiger partial charge in [0.25, 0.3) is 0 Å². The second kappa shape index (κ2) is 44.3. The number of halogens is 5. The van der Waals surface area contributed by atoms with E-state index >= 15 is 4.39 Å². The number of quaternary nitrogens is 1. The van der Waals surface area contributed by atoms with Crippen LogP contribution in [0.4, 0.5) is 17.6 Å². The first-order valence-electron chi connectivity index (χ1n) is 35.6. The highest BCUT2D eigenvalue weighted by atomic mass is 35.5. The van der Waals surface area contributed by atoms with E-state index in [0.717, 1.165) is 64.5 Å². The van der Waals surface area contributed by atoms with E-state index < -0.39 is 269 Å². The number of aliphatic hydroxyl groups is 16. The predicted molar refractivity (Wildman–Crippen MR) is 357 cm³/mol. The van der Waals surface area contributed by atoms with Crippen molar-refractivity contribution in [3.8, 4) is 0 Å². The molecule has 0 saturated carbocycles. The van der Waals surface area contributed by atoms with Crippen LogP contribution in [0.25, 0.3) is 6.08 Å². The van der Waals surface area contributed by atoms with Crippen molar-refractivity contribution in [1.29, 1.82) is 0 Å². The van der Waals surface area contributed by atoms with Gasteiger partial charge in [0, 0.05) is 32.3 Å². The number of unbranched alkanes of at least 4 members (excludes halogenated alkanes) is 14. The van der Waals surface area contributed by atoms with Crippen LogP contribution in [0.15, 0.2) is 18.2 Å². The number of rotatable bonds is 41. The quantitative estimate of drug-likeness (QED) is 0.0221. The molecule has 5 aliphatic heterocycles. The van der Waals surface area contributed by atoms with Crippen molar-refractivity contribution >= 4 is 41.4 Å². The highest BCUT2D eigenvalue weighted by Gasteiger charge is 2.61. The Morgan fingerprint density at radius 1 is 0.626 bits per heavy atom. The molecule has 3 amide bonds. The summed E-state index contributed by atoms with van der Waals surface area (Å²) in [5.41, 5.74) is -2.07. The molecule has 0 bridgehead atoms. The molecule has 28 atom stereocenters. The van der Waals surface area contributed by atoms with E-state index in [1.807, 2.05) is 0 Å². The lowest BCUT2D eigenvalue weighted by Crippen LogP contribution is -2.73. The van der Waals surface area contributed by atoms with Crippen molar-refractivity contribution in [3.63, 3.8) is 0 Å². The Hall–Kier alpha value is -4.23. The molecule has 35 nitrogen and oxygen atoms in total. The van der Waals surface area contributed by atoms with Crippen LogP contribution in [0.2, 0.25) is 5.02 Å². The molecule has 0 spiro atoms. The number of hydrogen-bond acceptors (Lipinski definition) is 31. The Kier molecular flexibility index (Phi) is 38.6. The minimum atomic E-state index is -4.98. The third-order valence-corrected chi connectivity index (χ3v) is 19.4. The summed E-state index contributed by atoms with van der Waals surface area (Å²) in [4.78, 5) is 52.7. The molecule has 6 rings (SSSR count). The number of carboxylic acid groups (broad SMARTS) is 1. The molecule has 0 radical (unpaired) electrons. The third-order valence-electron chi connectivity index (χ3n) is 19.1. The number of amides is 3. The normalized spacial score (nSPS) is 34.6. The Morgan fingerprint density at radius 2 is 1.11 bits per heavy atom. The standard InChI is InChI=1S/C67H106ClF4N3O31.H3N/c1-4-5-6-7-8-9-10-11-12-13-14-15-16-17-18-19-44(86)75-36(37(83)21-20-33-22-34(67(70,71)72)23-35(68)45(33)69)30-97-62-54(93)52(91)56(42(28-79)100-62)102-64-55(94)60(106-66(65(95)96)24-38(84)46(73-31(2)81)59(105-66)48(87)39(85)25-76)57(43(29-80)101-64)103-61-47(74-32(3)82)58(50(89)41(27-78)98-61)104-63-53(92)51(90)49(88)40(26-77)99-63;/h20-23,36-43,46-64,76-80,83-85,87-94H,4-19,24-30H2,1-3H3,(H,73,81)(H,74,82)(H,75,86)(H,95,96);1H3/b21-20+;/t36-,37+,38-,39+,40+,41+,42+,43+,46?,47+,48+,49-,50-,51-,52+,53+,54+,55+,56+,57-,58+,59?,60+,61-,62+,63-,64-,66-;/m0./s1. The van der Waals surface area contributed by atoms with Crippen molar-refractivity contribution in [2.45, 2.75) is 307 Å². The number of nitrogens with one attached hydrogen (secondary N) is 3. The number of ether oxygens (including phenoxy) is 10. The van der Waals surface area contributed by atoms with Gasteiger partial charge in [0.05, 0.1) is 74.5 Å².